The molecule has 9 nitrogen and oxygen atoms in total. The average Bonchev–Trinajstić information content (AvgIpc) is 3.48. The fraction of sp³-hybridized carbons (Fsp3) is 0.217. The van der Waals surface area contributed by atoms with E-state index in [1.165, 1.54) is 36.3 Å². The van der Waals surface area contributed by atoms with Crippen molar-refractivity contribution in [3.63, 3.8) is 0 Å². The van der Waals surface area contributed by atoms with E-state index in [4.69, 9.17) is 9.47 Å². The van der Waals surface area contributed by atoms with Crippen molar-refractivity contribution in [2.75, 3.05) is 19.5 Å². The number of nitrogens with zero attached hydrogens (tertiary/aromatic N) is 3. The molecule has 4 rings (SSSR count). The minimum atomic E-state index is -0.395. The normalized spacial score (nSPS) is 10.9. The fourth-order valence-electron chi connectivity index (χ4n) is 3.16. The molecule has 10 heteroatoms. The van der Waals surface area contributed by atoms with Gasteiger partial charge < -0.3 is 14.8 Å². The topological polar surface area (TPSA) is 111 Å². The first-order valence-corrected chi connectivity index (χ1v) is 11.1. The maximum absolute atomic E-state index is 13.1. The first kappa shape index (κ1) is 22.3. The highest BCUT2D eigenvalue weighted by molar-refractivity contribution is 7.13. The molecule has 170 valence electrons. The molecule has 1 aromatic carbocycles. The Labute approximate surface area is 194 Å². The average molecular weight is 466 g/mol. The number of ether oxygens (including phenoxy) is 2. The molecule has 0 radical (unpaired) electrons. The summed E-state index contributed by atoms with van der Waals surface area (Å²) in [6, 6.07) is 11.9. The van der Waals surface area contributed by atoms with Gasteiger partial charge in [-0.2, -0.15) is 9.78 Å². The van der Waals surface area contributed by atoms with Crippen LogP contribution < -0.4 is 20.3 Å². The number of benzene rings is 1. The zero-order valence-electron chi connectivity index (χ0n) is 18.6. The van der Waals surface area contributed by atoms with Gasteiger partial charge in [0.1, 0.15) is 23.0 Å². The number of hydrogen-bond donors (Lipinski definition) is 2. The van der Waals surface area contributed by atoms with Gasteiger partial charge in [-0.05, 0) is 29.5 Å². The fourth-order valence-corrected chi connectivity index (χ4v) is 3.84. The van der Waals surface area contributed by atoms with Crippen LogP contribution in [-0.4, -0.2) is 39.9 Å². The number of anilines is 1. The van der Waals surface area contributed by atoms with Crippen molar-refractivity contribution in [1.29, 1.82) is 0 Å². The molecule has 0 aliphatic heterocycles. The number of carbonyl (C=O) groups is 1. The summed E-state index contributed by atoms with van der Waals surface area (Å²) in [5.74, 6) is 1.20. The predicted molar refractivity (Wildman–Crippen MR) is 127 cm³/mol. The number of methoxy groups -OCH3 is 2. The lowest BCUT2D eigenvalue weighted by molar-refractivity contribution is 0.102. The molecule has 0 saturated carbocycles. The van der Waals surface area contributed by atoms with Crippen LogP contribution in [0.15, 0.2) is 52.6 Å². The van der Waals surface area contributed by atoms with E-state index in [9.17, 15) is 9.59 Å². The smallest absolute Gasteiger partial charge is 0.257 e. The van der Waals surface area contributed by atoms with Gasteiger partial charge in [-0.3, -0.25) is 14.6 Å². The van der Waals surface area contributed by atoms with E-state index in [0.29, 0.717) is 34.3 Å². The highest BCUT2D eigenvalue weighted by Gasteiger charge is 2.19. The van der Waals surface area contributed by atoms with Gasteiger partial charge in [0.15, 0.2) is 0 Å². The maximum atomic E-state index is 13.1. The SMILES string of the molecule is COc1cc(OC)cc(C(=O)Nc2cc(-c3cccs3)nn2-c2nc(C(C)C)cc(=O)[nH]2)c1. The van der Waals surface area contributed by atoms with E-state index in [0.717, 1.165) is 4.88 Å². The molecule has 0 aliphatic rings. The number of carbonyl (C=O) groups excluding carboxylic acids is 1. The monoisotopic (exact) mass is 465 g/mol. The Balaban J connectivity index is 1.78. The van der Waals surface area contributed by atoms with Crippen molar-refractivity contribution in [3.05, 3.63) is 69.5 Å². The molecule has 33 heavy (non-hydrogen) atoms. The van der Waals surface area contributed by atoms with Crippen LogP contribution in [0.2, 0.25) is 0 Å². The summed E-state index contributed by atoms with van der Waals surface area (Å²) in [7, 11) is 3.03. The Morgan fingerprint density at radius 1 is 1.12 bits per heavy atom. The lowest BCUT2D eigenvalue weighted by atomic mass is 10.1. The molecule has 0 saturated heterocycles. The Morgan fingerprint density at radius 3 is 2.45 bits per heavy atom. The summed E-state index contributed by atoms with van der Waals surface area (Å²) >= 11 is 1.52. The highest BCUT2D eigenvalue weighted by Crippen LogP contribution is 2.28. The number of aromatic nitrogens is 4. The highest BCUT2D eigenvalue weighted by atomic mass is 32.1. The van der Waals surface area contributed by atoms with Gasteiger partial charge >= 0.3 is 0 Å². The van der Waals surface area contributed by atoms with Gasteiger partial charge in [0, 0.05) is 23.8 Å². The summed E-state index contributed by atoms with van der Waals surface area (Å²) in [5, 5.41) is 9.42. The van der Waals surface area contributed by atoms with E-state index < -0.39 is 5.91 Å². The second-order valence-corrected chi connectivity index (χ2v) is 8.46. The van der Waals surface area contributed by atoms with Crippen LogP contribution in [0.5, 0.6) is 11.5 Å². The standard InChI is InChI=1S/C23H23N5O4S/c1-13(2)17-12-21(29)26-23(24-17)28-20(11-18(27-28)19-6-5-7-33-19)25-22(30)14-8-15(31-3)10-16(9-14)32-4/h5-13H,1-4H3,(H,25,30)(H,24,26,29). The van der Waals surface area contributed by atoms with E-state index >= 15 is 0 Å². The van der Waals surface area contributed by atoms with Gasteiger partial charge in [-0.25, -0.2) is 4.98 Å². The van der Waals surface area contributed by atoms with Crippen LogP contribution in [0, 0.1) is 0 Å². The number of aromatic amines is 1. The zero-order chi connectivity index (χ0) is 23.5. The van der Waals surface area contributed by atoms with E-state index in [2.05, 4.69) is 20.4 Å². The largest absolute Gasteiger partial charge is 0.497 e. The Bertz CT molecular complexity index is 1320. The van der Waals surface area contributed by atoms with Gasteiger partial charge in [0.25, 0.3) is 11.5 Å². The number of H-pyrrole nitrogens is 1. The Kier molecular flexibility index (Phi) is 6.27. The summed E-state index contributed by atoms with van der Waals surface area (Å²) < 4.78 is 12.0. The van der Waals surface area contributed by atoms with Crippen molar-refractivity contribution in [3.8, 4) is 28.0 Å². The third-order valence-electron chi connectivity index (χ3n) is 4.88. The summed E-state index contributed by atoms with van der Waals surface area (Å²) in [5.41, 5.74) is 1.30. The Hall–Kier alpha value is -3.92. The van der Waals surface area contributed by atoms with E-state index in [1.54, 1.807) is 24.3 Å². The molecule has 0 aliphatic carbocycles. The van der Waals surface area contributed by atoms with Gasteiger partial charge in [0.2, 0.25) is 5.95 Å². The van der Waals surface area contributed by atoms with Crippen LogP contribution in [-0.2, 0) is 0 Å². The Morgan fingerprint density at radius 2 is 1.85 bits per heavy atom. The molecule has 0 fully saturated rings. The number of amides is 1. The van der Waals surface area contributed by atoms with Crippen molar-refractivity contribution < 1.29 is 14.3 Å². The maximum Gasteiger partial charge on any atom is 0.257 e. The molecule has 0 atom stereocenters. The third kappa shape index (κ3) is 4.80. The van der Waals surface area contributed by atoms with Crippen LogP contribution in [0.4, 0.5) is 5.82 Å². The molecule has 4 aromatic rings. The number of nitrogens with one attached hydrogen (secondary N) is 2. The predicted octanol–water partition coefficient (Wildman–Crippen LogP) is 4.08. The summed E-state index contributed by atoms with van der Waals surface area (Å²) in [4.78, 5) is 33.6. The van der Waals surface area contributed by atoms with E-state index in [1.807, 2.05) is 31.4 Å². The lowest BCUT2D eigenvalue weighted by Crippen LogP contribution is -2.19. The molecule has 0 unspecified atom stereocenters. The van der Waals surface area contributed by atoms with Crippen LogP contribution >= 0.6 is 11.3 Å². The van der Waals surface area contributed by atoms with E-state index in [-0.39, 0.29) is 17.4 Å². The van der Waals surface area contributed by atoms with Gasteiger partial charge in [-0.1, -0.05) is 19.9 Å². The lowest BCUT2D eigenvalue weighted by Gasteiger charge is -2.11. The molecule has 0 bridgehead atoms. The summed E-state index contributed by atoms with van der Waals surface area (Å²) in [6.07, 6.45) is 0. The van der Waals surface area contributed by atoms with Crippen molar-refractivity contribution in [2.24, 2.45) is 0 Å². The number of rotatable bonds is 7. The van der Waals surface area contributed by atoms with Crippen molar-refractivity contribution in [2.45, 2.75) is 19.8 Å². The number of hydrogen-bond acceptors (Lipinski definition) is 7. The molecule has 0 spiro atoms. The second-order valence-electron chi connectivity index (χ2n) is 7.51. The first-order valence-electron chi connectivity index (χ1n) is 10.2. The molecule has 3 aromatic heterocycles. The van der Waals surface area contributed by atoms with Crippen LogP contribution in [0.25, 0.3) is 16.5 Å². The molecule has 1 amide bonds. The minimum absolute atomic E-state index is 0.0423. The van der Waals surface area contributed by atoms with Crippen molar-refractivity contribution >= 4 is 23.1 Å². The molecule has 2 N–H and O–H groups in total. The quantitative estimate of drug-likeness (QED) is 0.426. The van der Waals surface area contributed by atoms with Gasteiger partial charge in [0.05, 0.1) is 24.8 Å². The number of thiophene rings is 1. The van der Waals surface area contributed by atoms with Crippen LogP contribution in [0.3, 0.4) is 0 Å². The minimum Gasteiger partial charge on any atom is -0.497 e. The zero-order valence-corrected chi connectivity index (χ0v) is 19.4. The van der Waals surface area contributed by atoms with Crippen molar-refractivity contribution in [1.82, 2.24) is 19.7 Å². The molecule has 3 heterocycles. The summed E-state index contributed by atoms with van der Waals surface area (Å²) in [6.45, 7) is 3.90. The molecular formula is C23H23N5O4S. The first-order chi connectivity index (χ1) is 15.9. The molecular weight excluding hydrogens is 442 g/mol. The van der Waals surface area contributed by atoms with Crippen LogP contribution in [0.1, 0.15) is 35.8 Å². The second kappa shape index (κ2) is 9.29. The third-order valence-corrected chi connectivity index (χ3v) is 5.77. The van der Waals surface area contributed by atoms with Gasteiger partial charge in [-0.15, -0.1) is 11.3 Å².